The molecule has 3 aromatic heterocycles. The number of piperidine rings is 1. The fourth-order valence-electron chi connectivity index (χ4n) is 4.47. The number of nitrogens with one attached hydrogen (secondary N) is 1. The molecule has 10 heteroatoms. The first-order valence-electron chi connectivity index (χ1n) is 11.7. The van der Waals surface area contributed by atoms with Crippen LogP contribution in [0.2, 0.25) is 0 Å². The Balaban J connectivity index is 1.43. The van der Waals surface area contributed by atoms with Gasteiger partial charge in [-0.1, -0.05) is 20.8 Å². The topological polar surface area (TPSA) is 90.3 Å². The molecule has 34 heavy (non-hydrogen) atoms. The molecule has 2 fully saturated rings. The highest BCUT2D eigenvalue weighted by Crippen LogP contribution is 2.35. The van der Waals surface area contributed by atoms with Gasteiger partial charge in [0.15, 0.2) is 0 Å². The third kappa shape index (κ3) is 4.22. The van der Waals surface area contributed by atoms with E-state index in [0.717, 1.165) is 22.2 Å². The molecule has 0 unspecified atom stereocenters. The standard InChI is InChI=1S/C24H29F2N7O/c1-14(2)18-9-29-22(33-11-16(34)12-33)19-10-28-21(8-17(18)19)30-20-4-6-27-23(31-20)32-7-5-15(3)24(25,26)13-32/h4,6,8-10,14-16,34H,5,7,11-13H2,1-3H3,(H,27,28,30,31)/t15-/m0/s1. The first kappa shape index (κ1) is 22.6. The van der Waals surface area contributed by atoms with Gasteiger partial charge in [-0.05, 0) is 35.4 Å². The van der Waals surface area contributed by atoms with Gasteiger partial charge in [-0.3, -0.25) is 0 Å². The Kier molecular flexibility index (Phi) is 5.71. The monoisotopic (exact) mass is 469 g/mol. The minimum absolute atomic E-state index is 0.259. The molecule has 2 aliphatic rings. The fraction of sp³-hybridized carbons (Fsp3) is 0.500. The molecule has 5 heterocycles. The average Bonchev–Trinajstić information content (AvgIpc) is 2.78. The third-order valence-corrected chi connectivity index (χ3v) is 6.70. The molecule has 2 aliphatic heterocycles. The smallest absolute Gasteiger partial charge is 0.267 e. The molecule has 0 aliphatic carbocycles. The van der Waals surface area contributed by atoms with Gasteiger partial charge in [0.2, 0.25) is 5.95 Å². The summed E-state index contributed by atoms with van der Waals surface area (Å²) in [4.78, 5) is 21.5. The maximum atomic E-state index is 14.2. The summed E-state index contributed by atoms with van der Waals surface area (Å²) in [5.74, 6) is -0.981. The average molecular weight is 470 g/mol. The maximum absolute atomic E-state index is 14.2. The largest absolute Gasteiger partial charge is 0.389 e. The summed E-state index contributed by atoms with van der Waals surface area (Å²) in [6, 6.07) is 3.66. The SMILES string of the molecule is CC(C)c1cnc(N2CC(O)C2)c2cnc(Nc3ccnc(N4CC[C@H](C)C(F)(F)C4)n3)cc12. The molecule has 1 atom stereocenters. The lowest BCUT2D eigenvalue weighted by atomic mass is 9.95. The Morgan fingerprint density at radius 1 is 1.09 bits per heavy atom. The number of fused-ring (bicyclic) bond motifs is 1. The highest BCUT2D eigenvalue weighted by Gasteiger charge is 2.42. The van der Waals surface area contributed by atoms with Crippen molar-refractivity contribution < 1.29 is 13.9 Å². The predicted octanol–water partition coefficient (Wildman–Crippen LogP) is 3.95. The molecule has 5 rings (SSSR count). The predicted molar refractivity (Wildman–Crippen MR) is 128 cm³/mol. The second kappa shape index (κ2) is 8.57. The maximum Gasteiger partial charge on any atom is 0.267 e. The Bertz CT molecular complexity index is 1200. The number of hydrogen-bond donors (Lipinski definition) is 2. The zero-order valence-corrected chi connectivity index (χ0v) is 19.5. The minimum atomic E-state index is -2.77. The van der Waals surface area contributed by atoms with E-state index in [1.165, 1.54) is 4.90 Å². The lowest BCUT2D eigenvalue weighted by molar-refractivity contribution is -0.0575. The van der Waals surface area contributed by atoms with Crippen molar-refractivity contribution in [3.63, 3.8) is 0 Å². The Labute approximate surface area is 197 Å². The van der Waals surface area contributed by atoms with Gasteiger partial charge < -0.3 is 20.2 Å². The number of aliphatic hydroxyl groups is 1. The van der Waals surface area contributed by atoms with Gasteiger partial charge in [-0.2, -0.15) is 4.98 Å². The van der Waals surface area contributed by atoms with Crippen molar-refractivity contribution in [1.29, 1.82) is 0 Å². The molecule has 2 saturated heterocycles. The number of anilines is 4. The van der Waals surface area contributed by atoms with Gasteiger partial charge in [0.05, 0.1) is 12.6 Å². The number of rotatable bonds is 5. The van der Waals surface area contributed by atoms with Crippen LogP contribution in [0.3, 0.4) is 0 Å². The summed E-state index contributed by atoms with van der Waals surface area (Å²) < 4.78 is 28.5. The number of aromatic nitrogens is 4. The van der Waals surface area contributed by atoms with E-state index in [-0.39, 0.29) is 24.5 Å². The molecule has 0 spiro atoms. The van der Waals surface area contributed by atoms with Crippen molar-refractivity contribution in [2.75, 3.05) is 41.3 Å². The van der Waals surface area contributed by atoms with E-state index < -0.39 is 11.8 Å². The molecule has 0 bridgehead atoms. The fourth-order valence-corrected chi connectivity index (χ4v) is 4.47. The molecule has 0 saturated carbocycles. The van der Waals surface area contributed by atoms with Crippen LogP contribution in [0.25, 0.3) is 10.8 Å². The number of nitrogens with zero attached hydrogens (tertiary/aromatic N) is 6. The van der Waals surface area contributed by atoms with Crippen molar-refractivity contribution in [1.82, 2.24) is 19.9 Å². The third-order valence-electron chi connectivity index (χ3n) is 6.70. The van der Waals surface area contributed by atoms with Crippen molar-refractivity contribution in [2.24, 2.45) is 5.92 Å². The summed E-state index contributed by atoms with van der Waals surface area (Å²) in [7, 11) is 0. The first-order chi connectivity index (χ1) is 16.2. The Morgan fingerprint density at radius 3 is 2.59 bits per heavy atom. The zero-order valence-electron chi connectivity index (χ0n) is 19.5. The Morgan fingerprint density at radius 2 is 1.88 bits per heavy atom. The summed E-state index contributed by atoms with van der Waals surface area (Å²) in [6.45, 7) is 7.03. The number of hydrogen-bond acceptors (Lipinski definition) is 8. The van der Waals surface area contributed by atoms with Crippen LogP contribution in [0.15, 0.2) is 30.7 Å². The lowest BCUT2D eigenvalue weighted by Crippen LogP contribution is -2.51. The van der Waals surface area contributed by atoms with E-state index in [9.17, 15) is 13.9 Å². The summed E-state index contributed by atoms with van der Waals surface area (Å²) in [5, 5.41) is 14.9. The van der Waals surface area contributed by atoms with Gasteiger partial charge in [0.1, 0.15) is 17.5 Å². The summed E-state index contributed by atoms with van der Waals surface area (Å²) in [6.07, 6.45) is 5.30. The second-order valence-electron chi connectivity index (χ2n) is 9.60. The number of aliphatic hydroxyl groups excluding tert-OH is 1. The molecular formula is C24H29F2N7O. The second-order valence-corrected chi connectivity index (χ2v) is 9.60. The van der Waals surface area contributed by atoms with Crippen LogP contribution in [0.5, 0.6) is 0 Å². The van der Waals surface area contributed by atoms with Crippen LogP contribution in [0.1, 0.15) is 38.7 Å². The van der Waals surface area contributed by atoms with Gasteiger partial charge in [-0.15, -0.1) is 0 Å². The first-order valence-corrected chi connectivity index (χ1v) is 11.7. The molecule has 0 amide bonds. The number of alkyl halides is 2. The van der Waals surface area contributed by atoms with Crippen LogP contribution in [0, 0.1) is 5.92 Å². The normalized spacial score (nSPS) is 20.6. The van der Waals surface area contributed by atoms with Gasteiger partial charge in [-0.25, -0.2) is 23.7 Å². The molecule has 0 aromatic carbocycles. The Hall–Kier alpha value is -3.14. The summed E-state index contributed by atoms with van der Waals surface area (Å²) in [5.41, 5.74) is 1.10. The molecule has 2 N–H and O–H groups in total. The molecule has 3 aromatic rings. The number of pyridine rings is 2. The lowest BCUT2D eigenvalue weighted by Gasteiger charge is -2.37. The van der Waals surface area contributed by atoms with E-state index in [1.54, 1.807) is 25.4 Å². The molecular weight excluding hydrogens is 440 g/mol. The van der Waals surface area contributed by atoms with Gasteiger partial charge in [0.25, 0.3) is 5.92 Å². The molecule has 8 nitrogen and oxygen atoms in total. The van der Waals surface area contributed by atoms with E-state index >= 15 is 0 Å². The zero-order chi connectivity index (χ0) is 24.0. The van der Waals surface area contributed by atoms with Crippen molar-refractivity contribution in [2.45, 2.75) is 45.1 Å². The highest BCUT2D eigenvalue weighted by atomic mass is 19.3. The highest BCUT2D eigenvalue weighted by molar-refractivity contribution is 5.96. The molecule has 180 valence electrons. The van der Waals surface area contributed by atoms with Crippen LogP contribution < -0.4 is 15.1 Å². The number of halogens is 2. The van der Waals surface area contributed by atoms with Gasteiger partial charge >= 0.3 is 0 Å². The summed E-state index contributed by atoms with van der Waals surface area (Å²) >= 11 is 0. The van der Waals surface area contributed by atoms with E-state index in [4.69, 9.17) is 0 Å². The van der Waals surface area contributed by atoms with E-state index in [1.807, 2.05) is 17.2 Å². The van der Waals surface area contributed by atoms with Crippen molar-refractivity contribution in [3.05, 3.63) is 36.3 Å². The van der Waals surface area contributed by atoms with Crippen LogP contribution in [-0.4, -0.2) is 63.2 Å². The number of β-amino-alcohol motifs (C(OH)–C–C–N with tert-alkyl or cyclic N) is 1. The minimum Gasteiger partial charge on any atom is -0.389 e. The van der Waals surface area contributed by atoms with E-state index in [2.05, 4.69) is 39.1 Å². The van der Waals surface area contributed by atoms with Crippen molar-refractivity contribution >= 4 is 34.2 Å². The molecule has 0 radical (unpaired) electrons. The van der Waals surface area contributed by atoms with E-state index in [0.29, 0.717) is 37.7 Å². The van der Waals surface area contributed by atoms with Gasteiger partial charge in [0, 0.05) is 49.5 Å². The van der Waals surface area contributed by atoms with Crippen LogP contribution in [0.4, 0.5) is 32.2 Å². The van der Waals surface area contributed by atoms with Crippen LogP contribution >= 0.6 is 0 Å². The van der Waals surface area contributed by atoms with Crippen molar-refractivity contribution in [3.8, 4) is 0 Å². The quantitative estimate of drug-likeness (QED) is 0.581. The van der Waals surface area contributed by atoms with Crippen LogP contribution in [-0.2, 0) is 0 Å².